The maximum Gasteiger partial charge on any atom is 0.0730 e. The second kappa shape index (κ2) is 14.7. The fourth-order valence-corrected chi connectivity index (χ4v) is 3.74. The predicted octanol–water partition coefficient (Wildman–Crippen LogP) is 7.23. The van der Waals surface area contributed by atoms with E-state index in [0.717, 1.165) is 46.4 Å². The van der Waals surface area contributed by atoms with Crippen molar-refractivity contribution in [1.29, 1.82) is 0 Å². The van der Waals surface area contributed by atoms with Crippen LogP contribution in [0.4, 0.5) is 0 Å². The van der Waals surface area contributed by atoms with Crippen molar-refractivity contribution in [3.8, 4) is 11.3 Å². The van der Waals surface area contributed by atoms with Crippen molar-refractivity contribution in [2.24, 2.45) is 5.73 Å². The summed E-state index contributed by atoms with van der Waals surface area (Å²) in [7, 11) is 2.16. The highest BCUT2D eigenvalue weighted by atomic mass is 35.5. The zero-order chi connectivity index (χ0) is 25.8. The lowest BCUT2D eigenvalue weighted by Crippen LogP contribution is -2.43. The van der Waals surface area contributed by atoms with Gasteiger partial charge in [-0.05, 0) is 37.2 Å². The molecule has 0 bridgehead atoms. The Morgan fingerprint density at radius 2 is 1.66 bits per heavy atom. The van der Waals surface area contributed by atoms with Gasteiger partial charge in [0.25, 0.3) is 0 Å². The average molecular weight is 493 g/mol. The normalized spacial score (nSPS) is 13.4. The minimum Gasteiger partial charge on any atom is -0.373 e. The average Bonchev–Trinajstić information content (AvgIpc) is 2.89. The number of nitrogens with two attached hydrogens (primary N) is 1. The molecule has 4 nitrogen and oxygen atoms in total. The molecule has 0 amide bonds. The summed E-state index contributed by atoms with van der Waals surface area (Å²) in [6, 6.07) is 15.9. The summed E-state index contributed by atoms with van der Waals surface area (Å²) in [4.78, 5) is 9.39. The Morgan fingerprint density at radius 1 is 1.03 bits per heavy atom. The standard InChI is InChI=1S/C18H15ClN2.C8H16N2.C4H10/c1-2-12-5-8-15-16(19)10-17(21-18(15)9-12)14-6-3-13(11-20)4-7-14;1-8(2)10-6-4-9(3)5-7-10;1-3-4-2/h2-10H,1,11,20H2;1,4-7H2,2-3H3;3-4H2,1-2H3. The van der Waals surface area contributed by atoms with Crippen LogP contribution in [0.2, 0.25) is 5.02 Å². The molecule has 1 fully saturated rings. The smallest absolute Gasteiger partial charge is 0.0730 e. The van der Waals surface area contributed by atoms with Crippen LogP contribution in [0.3, 0.4) is 0 Å². The molecule has 0 unspecified atom stereocenters. The number of rotatable bonds is 5. The molecule has 1 aliphatic heterocycles. The number of nitrogens with zero attached hydrogens (tertiary/aromatic N) is 3. The summed E-state index contributed by atoms with van der Waals surface area (Å²) in [5.41, 5.74) is 11.7. The summed E-state index contributed by atoms with van der Waals surface area (Å²) in [6.45, 7) is 19.3. The maximum atomic E-state index is 6.38. The van der Waals surface area contributed by atoms with E-state index in [9.17, 15) is 0 Å². The van der Waals surface area contributed by atoms with E-state index < -0.39 is 0 Å². The van der Waals surface area contributed by atoms with Gasteiger partial charge >= 0.3 is 0 Å². The zero-order valence-corrected chi connectivity index (χ0v) is 22.6. The molecular weight excluding hydrogens is 452 g/mol. The molecule has 0 aliphatic carbocycles. The Hall–Kier alpha value is -2.66. The number of halogens is 1. The minimum atomic E-state index is 0.537. The lowest BCUT2D eigenvalue weighted by Gasteiger charge is -2.33. The largest absolute Gasteiger partial charge is 0.373 e. The number of hydrogen-bond acceptors (Lipinski definition) is 4. The van der Waals surface area contributed by atoms with Gasteiger partial charge < -0.3 is 15.5 Å². The highest BCUT2D eigenvalue weighted by Gasteiger charge is 2.12. The van der Waals surface area contributed by atoms with Crippen molar-refractivity contribution in [1.82, 2.24) is 14.8 Å². The molecule has 1 saturated heterocycles. The highest BCUT2D eigenvalue weighted by molar-refractivity contribution is 6.35. The van der Waals surface area contributed by atoms with Gasteiger partial charge in [-0.1, -0.05) is 93.9 Å². The van der Waals surface area contributed by atoms with Crippen LogP contribution in [0.15, 0.2) is 67.4 Å². The molecule has 0 spiro atoms. The van der Waals surface area contributed by atoms with Crippen molar-refractivity contribution in [2.75, 3.05) is 33.2 Å². The van der Waals surface area contributed by atoms with E-state index in [4.69, 9.17) is 22.3 Å². The fraction of sp³-hybridized carbons (Fsp3) is 0.367. The van der Waals surface area contributed by atoms with Gasteiger partial charge in [0.2, 0.25) is 0 Å². The van der Waals surface area contributed by atoms with E-state index in [1.165, 1.54) is 31.6 Å². The first-order chi connectivity index (χ1) is 16.8. The van der Waals surface area contributed by atoms with Crippen LogP contribution in [0.25, 0.3) is 28.2 Å². The van der Waals surface area contributed by atoms with Gasteiger partial charge in [-0.3, -0.25) is 0 Å². The number of fused-ring (bicyclic) bond motifs is 1. The molecule has 2 N–H and O–H groups in total. The number of likely N-dealkylation sites (N-methyl/N-ethyl adjacent to an activating group) is 1. The molecular formula is C30H41ClN4. The van der Waals surface area contributed by atoms with Gasteiger partial charge in [-0.2, -0.15) is 0 Å². The number of aromatic nitrogens is 1. The number of piperazine rings is 1. The van der Waals surface area contributed by atoms with Gasteiger partial charge in [-0.15, -0.1) is 0 Å². The van der Waals surface area contributed by atoms with Crippen molar-refractivity contribution in [3.05, 3.63) is 83.5 Å². The number of pyridine rings is 1. The van der Waals surface area contributed by atoms with Crippen molar-refractivity contribution < 1.29 is 0 Å². The van der Waals surface area contributed by atoms with Gasteiger partial charge in [0.15, 0.2) is 0 Å². The van der Waals surface area contributed by atoms with Gasteiger partial charge in [0, 0.05) is 49.4 Å². The minimum absolute atomic E-state index is 0.537. The van der Waals surface area contributed by atoms with Crippen LogP contribution in [-0.4, -0.2) is 48.0 Å². The van der Waals surface area contributed by atoms with Crippen molar-refractivity contribution in [2.45, 2.75) is 40.2 Å². The van der Waals surface area contributed by atoms with E-state index in [2.05, 4.69) is 50.8 Å². The molecule has 0 radical (unpaired) electrons. The number of hydrogen-bond donors (Lipinski definition) is 1. The van der Waals surface area contributed by atoms with Gasteiger partial charge in [0.05, 0.1) is 16.2 Å². The molecule has 35 heavy (non-hydrogen) atoms. The lowest BCUT2D eigenvalue weighted by molar-refractivity contribution is 0.187. The second-order valence-corrected chi connectivity index (χ2v) is 9.30. The number of unbranched alkanes of at least 4 members (excludes halogenated alkanes) is 1. The summed E-state index contributed by atoms with van der Waals surface area (Å²) >= 11 is 6.38. The topological polar surface area (TPSA) is 45.4 Å². The molecule has 1 aromatic heterocycles. The quantitative estimate of drug-likeness (QED) is 0.408. The first-order valence-corrected chi connectivity index (χ1v) is 12.8. The zero-order valence-electron chi connectivity index (χ0n) is 21.9. The van der Waals surface area contributed by atoms with Gasteiger partial charge in [0.1, 0.15) is 0 Å². The van der Waals surface area contributed by atoms with Crippen molar-refractivity contribution >= 4 is 28.6 Å². The fourth-order valence-electron chi connectivity index (χ4n) is 3.48. The van der Waals surface area contributed by atoms with E-state index in [1.54, 1.807) is 6.08 Å². The predicted molar refractivity (Wildman–Crippen MR) is 155 cm³/mol. The van der Waals surface area contributed by atoms with Gasteiger partial charge in [-0.25, -0.2) is 4.98 Å². The van der Waals surface area contributed by atoms with Crippen LogP contribution >= 0.6 is 11.6 Å². The summed E-state index contributed by atoms with van der Waals surface area (Å²) < 4.78 is 0. The molecule has 0 atom stereocenters. The van der Waals surface area contributed by atoms with Crippen LogP contribution in [-0.2, 0) is 6.54 Å². The second-order valence-electron chi connectivity index (χ2n) is 8.90. The van der Waals surface area contributed by atoms with E-state index >= 15 is 0 Å². The monoisotopic (exact) mass is 492 g/mol. The van der Waals surface area contributed by atoms with Crippen molar-refractivity contribution in [3.63, 3.8) is 0 Å². The highest BCUT2D eigenvalue weighted by Crippen LogP contribution is 2.29. The van der Waals surface area contributed by atoms with Crippen LogP contribution < -0.4 is 5.73 Å². The molecule has 1 aliphatic rings. The molecule has 2 aromatic carbocycles. The summed E-state index contributed by atoms with van der Waals surface area (Å²) in [5, 5.41) is 1.65. The Balaban J connectivity index is 0.000000257. The molecule has 0 saturated carbocycles. The van der Waals surface area contributed by atoms with E-state index in [0.29, 0.717) is 11.6 Å². The molecule has 5 heteroatoms. The maximum absolute atomic E-state index is 6.38. The third-order valence-electron chi connectivity index (χ3n) is 6.05. The Kier molecular flexibility index (Phi) is 12.0. The molecule has 2 heterocycles. The Bertz CT molecular complexity index is 1080. The lowest BCUT2D eigenvalue weighted by atomic mass is 10.1. The number of benzene rings is 2. The first kappa shape index (κ1) is 28.6. The van der Waals surface area contributed by atoms with Crippen LogP contribution in [0.1, 0.15) is 44.7 Å². The molecule has 3 aromatic rings. The van der Waals surface area contributed by atoms with E-state index in [-0.39, 0.29) is 0 Å². The summed E-state index contributed by atoms with van der Waals surface area (Å²) in [6.07, 6.45) is 4.44. The summed E-state index contributed by atoms with van der Waals surface area (Å²) in [5.74, 6) is 0. The Morgan fingerprint density at radius 3 is 2.17 bits per heavy atom. The first-order valence-electron chi connectivity index (χ1n) is 12.4. The van der Waals surface area contributed by atoms with Crippen LogP contribution in [0, 0.1) is 0 Å². The van der Waals surface area contributed by atoms with E-state index in [1.807, 2.05) is 48.5 Å². The Labute approximate surface area is 217 Å². The SMILES string of the molecule is C=C(C)N1CCN(C)CC1.C=Cc1ccc2c(Cl)cc(-c3ccc(CN)cc3)nc2c1.CCCC. The third-order valence-corrected chi connectivity index (χ3v) is 6.36. The third kappa shape index (κ3) is 8.81. The molecule has 188 valence electrons. The molecule has 4 rings (SSSR count). The number of allylic oxidation sites excluding steroid dienone is 1. The van der Waals surface area contributed by atoms with Crippen LogP contribution in [0.5, 0.6) is 0 Å².